The number of phenolic OH excluding ortho intramolecular Hbond substituents is 2. The molecule has 1 aliphatic heterocycles. The van der Waals surface area contributed by atoms with E-state index in [9.17, 15) is 10.2 Å². The molecule has 0 bridgehead atoms. The molecule has 1 fully saturated rings. The highest BCUT2D eigenvalue weighted by Gasteiger charge is 2.15. The lowest BCUT2D eigenvalue weighted by atomic mass is 9.97. The molecule has 3 N–H and O–H groups in total. The summed E-state index contributed by atoms with van der Waals surface area (Å²) in [6.45, 7) is 1.03. The van der Waals surface area contributed by atoms with Gasteiger partial charge in [0, 0.05) is 6.04 Å². The standard InChI is InChI=1S/C11H15NO2/c13-10-5-4-8(7-11(10)14)9-3-1-2-6-12-9/h4-5,7,9,12-14H,1-3,6H2. The van der Waals surface area contributed by atoms with Gasteiger partial charge in [-0.15, -0.1) is 0 Å². The van der Waals surface area contributed by atoms with Crippen LogP contribution in [-0.4, -0.2) is 16.8 Å². The largest absolute Gasteiger partial charge is 0.504 e. The Morgan fingerprint density at radius 1 is 1.14 bits per heavy atom. The maximum Gasteiger partial charge on any atom is 0.157 e. The second-order valence-corrected chi connectivity index (χ2v) is 3.75. The average molecular weight is 193 g/mol. The zero-order valence-corrected chi connectivity index (χ0v) is 8.03. The molecule has 0 aliphatic carbocycles. The minimum atomic E-state index is -0.0513. The van der Waals surface area contributed by atoms with Crippen molar-refractivity contribution in [2.24, 2.45) is 0 Å². The molecular formula is C11H15NO2. The van der Waals surface area contributed by atoms with Gasteiger partial charge in [0.1, 0.15) is 0 Å². The third-order valence-corrected chi connectivity index (χ3v) is 2.71. The Balaban J connectivity index is 2.18. The summed E-state index contributed by atoms with van der Waals surface area (Å²) in [5.74, 6) is -0.0839. The lowest BCUT2D eigenvalue weighted by Gasteiger charge is -2.23. The molecule has 1 aromatic rings. The Bertz CT molecular complexity index is 319. The summed E-state index contributed by atoms with van der Waals surface area (Å²) in [7, 11) is 0. The normalized spacial score (nSPS) is 22.1. The number of rotatable bonds is 1. The molecule has 1 unspecified atom stereocenters. The second kappa shape index (κ2) is 3.88. The smallest absolute Gasteiger partial charge is 0.157 e. The predicted molar refractivity (Wildman–Crippen MR) is 54.4 cm³/mol. The van der Waals surface area contributed by atoms with Crippen LogP contribution in [0.2, 0.25) is 0 Å². The Morgan fingerprint density at radius 2 is 2.00 bits per heavy atom. The molecule has 1 aliphatic rings. The van der Waals surface area contributed by atoms with Gasteiger partial charge in [-0.25, -0.2) is 0 Å². The minimum absolute atomic E-state index is 0.0325. The molecular weight excluding hydrogens is 178 g/mol. The van der Waals surface area contributed by atoms with Crippen LogP contribution >= 0.6 is 0 Å². The van der Waals surface area contributed by atoms with Crippen LogP contribution < -0.4 is 5.32 Å². The highest BCUT2D eigenvalue weighted by Crippen LogP contribution is 2.30. The van der Waals surface area contributed by atoms with Crippen LogP contribution in [-0.2, 0) is 0 Å². The Morgan fingerprint density at radius 3 is 2.64 bits per heavy atom. The molecule has 1 aromatic carbocycles. The van der Waals surface area contributed by atoms with Gasteiger partial charge in [-0.1, -0.05) is 12.5 Å². The predicted octanol–water partition coefficient (Wildman–Crippen LogP) is 1.91. The van der Waals surface area contributed by atoms with Crippen molar-refractivity contribution in [2.75, 3.05) is 6.54 Å². The van der Waals surface area contributed by atoms with Gasteiger partial charge in [-0.3, -0.25) is 0 Å². The molecule has 2 rings (SSSR count). The van der Waals surface area contributed by atoms with E-state index in [-0.39, 0.29) is 11.5 Å². The quantitative estimate of drug-likeness (QED) is 0.597. The van der Waals surface area contributed by atoms with E-state index in [1.165, 1.54) is 12.8 Å². The third-order valence-electron chi connectivity index (χ3n) is 2.71. The van der Waals surface area contributed by atoms with Gasteiger partial charge in [0.05, 0.1) is 0 Å². The van der Waals surface area contributed by atoms with Gasteiger partial charge < -0.3 is 15.5 Å². The fourth-order valence-corrected chi connectivity index (χ4v) is 1.89. The zero-order chi connectivity index (χ0) is 9.97. The molecule has 3 heteroatoms. The molecule has 0 radical (unpaired) electrons. The highest BCUT2D eigenvalue weighted by atomic mass is 16.3. The summed E-state index contributed by atoms with van der Waals surface area (Å²) in [6, 6.07) is 5.37. The molecule has 76 valence electrons. The van der Waals surface area contributed by atoms with E-state index in [4.69, 9.17) is 0 Å². The summed E-state index contributed by atoms with van der Waals surface area (Å²) in [4.78, 5) is 0. The van der Waals surface area contributed by atoms with Crippen LogP contribution in [0.4, 0.5) is 0 Å². The van der Waals surface area contributed by atoms with E-state index in [0.29, 0.717) is 6.04 Å². The van der Waals surface area contributed by atoms with Gasteiger partial charge in [0.25, 0.3) is 0 Å². The van der Waals surface area contributed by atoms with Crippen molar-refractivity contribution in [3.05, 3.63) is 23.8 Å². The molecule has 1 saturated heterocycles. The first-order valence-corrected chi connectivity index (χ1v) is 5.02. The van der Waals surface area contributed by atoms with E-state index >= 15 is 0 Å². The van der Waals surface area contributed by atoms with Gasteiger partial charge in [0.2, 0.25) is 0 Å². The minimum Gasteiger partial charge on any atom is -0.504 e. The number of nitrogens with one attached hydrogen (secondary N) is 1. The van der Waals surface area contributed by atoms with E-state index in [1.807, 2.05) is 6.07 Å². The maximum atomic E-state index is 9.35. The summed E-state index contributed by atoms with van der Waals surface area (Å²) in [5.41, 5.74) is 1.06. The summed E-state index contributed by atoms with van der Waals surface area (Å²) in [5, 5.41) is 21.9. The molecule has 14 heavy (non-hydrogen) atoms. The number of hydrogen-bond donors (Lipinski definition) is 3. The maximum absolute atomic E-state index is 9.35. The van der Waals surface area contributed by atoms with E-state index in [0.717, 1.165) is 18.5 Å². The first kappa shape index (κ1) is 9.34. The fourth-order valence-electron chi connectivity index (χ4n) is 1.89. The van der Waals surface area contributed by atoms with Gasteiger partial charge in [-0.2, -0.15) is 0 Å². The van der Waals surface area contributed by atoms with Crippen LogP contribution in [0.5, 0.6) is 11.5 Å². The molecule has 0 saturated carbocycles. The van der Waals surface area contributed by atoms with Crippen LogP contribution in [0.25, 0.3) is 0 Å². The van der Waals surface area contributed by atoms with Crippen molar-refractivity contribution in [3.8, 4) is 11.5 Å². The SMILES string of the molecule is Oc1ccc(C2CCCCN2)cc1O. The van der Waals surface area contributed by atoms with Crippen molar-refractivity contribution in [1.82, 2.24) is 5.32 Å². The highest BCUT2D eigenvalue weighted by molar-refractivity contribution is 5.41. The fraction of sp³-hybridized carbons (Fsp3) is 0.455. The monoisotopic (exact) mass is 193 g/mol. The van der Waals surface area contributed by atoms with E-state index < -0.39 is 0 Å². The number of hydrogen-bond acceptors (Lipinski definition) is 3. The molecule has 1 heterocycles. The molecule has 0 amide bonds. The molecule has 0 spiro atoms. The first-order chi connectivity index (χ1) is 6.77. The Kier molecular flexibility index (Phi) is 2.59. The number of piperidine rings is 1. The topological polar surface area (TPSA) is 52.5 Å². The zero-order valence-electron chi connectivity index (χ0n) is 8.03. The Hall–Kier alpha value is -1.22. The van der Waals surface area contributed by atoms with E-state index in [1.54, 1.807) is 12.1 Å². The average Bonchev–Trinajstić information content (AvgIpc) is 2.23. The van der Waals surface area contributed by atoms with Crippen LogP contribution in [0.1, 0.15) is 30.9 Å². The van der Waals surface area contributed by atoms with Crippen molar-refractivity contribution in [1.29, 1.82) is 0 Å². The lowest BCUT2D eigenvalue weighted by Crippen LogP contribution is -2.26. The first-order valence-electron chi connectivity index (χ1n) is 5.02. The lowest BCUT2D eigenvalue weighted by molar-refractivity contribution is 0.393. The van der Waals surface area contributed by atoms with E-state index in [2.05, 4.69) is 5.32 Å². The van der Waals surface area contributed by atoms with Crippen LogP contribution in [0, 0.1) is 0 Å². The van der Waals surface area contributed by atoms with Crippen molar-refractivity contribution < 1.29 is 10.2 Å². The third kappa shape index (κ3) is 1.82. The second-order valence-electron chi connectivity index (χ2n) is 3.75. The van der Waals surface area contributed by atoms with Crippen molar-refractivity contribution in [2.45, 2.75) is 25.3 Å². The van der Waals surface area contributed by atoms with Gasteiger partial charge in [0.15, 0.2) is 11.5 Å². The van der Waals surface area contributed by atoms with Gasteiger partial charge in [-0.05, 0) is 37.1 Å². The van der Waals surface area contributed by atoms with Crippen LogP contribution in [0.15, 0.2) is 18.2 Å². The summed E-state index contributed by atoms with van der Waals surface area (Å²) < 4.78 is 0. The van der Waals surface area contributed by atoms with Crippen LogP contribution in [0.3, 0.4) is 0 Å². The summed E-state index contributed by atoms with van der Waals surface area (Å²) in [6.07, 6.45) is 3.55. The van der Waals surface area contributed by atoms with Crippen molar-refractivity contribution >= 4 is 0 Å². The number of phenols is 2. The Labute approximate surface area is 83.4 Å². The van der Waals surface area contributed by atoms with Gasteiger partial charge >= 0.3 is 0 Å². The number of benzene rings is 1. The molecule has 0 aromatic heterocycles. The summed E-state index contributed by atoms with van der Waals surface area (Å²) >= 11 is 0. The van der Waals surface area contributed by atoms with Crippen molar-refractivity contribution in [3.63, 3.8) is 0 Å². The molecule has 1 atom stereocenters. The molecule has 3 nitrogen and oxygen atoms in total. The number of aromatic hydroxyl groups is 2.